The summed E-state index contributed by atoms with van der Waals surface area (Å²) >= 11 is 5.69. The third-order valence-corrected chi connectivity index (χ3v) is 6.60. The van der Waals surface area contributed by atoms with E-state index in [1.165, 1.54) is 0 Å². The molecule has 9 heavy (non-hydrogen) atoms. The zero-order valence-corrected chi connectivity index (χ0v) is 8.52. The fourth-order valence-corrected chi connectivity index (χ4v) is 7.94. The molecule has 0 N–H and O–H groups in total. The Kier molecular flexibility index (Phi) is 3.01. The van der Waals surface area contributed by atoms with E-state index in [4.69, 9.17) is 21.8 Å². The summed E-state index contributed by atoms with van der Waals surface area (Å²) in [6.45, 7) is 3.46. The lowest BCUT2D eigenvalue weighted by Gasteiger charge is -2.07. The minimum absolute atomic E-state index is 0.0664. The normalized spacial score (nSPS) is 13.8. The lowest BCUT2D eigenvalue weighted by molar-refractivity contribution is 0.613. The maximum absolute atomic E-state index is 10.4. The van der Waals surface area contributed by atoms with Crippen molar-refractivity contribution >= 4 is 38.2 Å². The highest BCUT2D eigenvalue weighted by molar-refractivity contribution is 8.15. The molecule has 0 amide bonds. The molecule has 0 fully saturated rings. The van der Waals surface area contributed by atoms with E-state index in [1.807, 2.05) is 0 Å². The maximum Gasteiger partial charge on any atom is 0.231 e. The van der Waals surface area contributed by atoms with Gasteiger partial charge in [0.2, 0.25) is 9.05 Å². The number of rotatable bonds is 2. The molecule has 0 spiro atoms. The fourth-order valence-electron chi connectivity index (χ4n) is 0.410. The molecule has 0 saturated heterocycles. The molecule has 0 radical (unpaired) electrons. The molecule has 0 aromatic carbocycles. The molecule has 0 aliphatic heterocycles. The summed E-state index contributed by atoms with van der Waals surface area (Å²) in [4.78, 5) is 0. The van der Waals surface area contributed by atoms with Crippen LogP contribution in [0.25, 0.3) is 0 Å². The van der Waals surface area contributed by atoms with Gasteiger partial charge in [-0.25, -0.2) is 8.42 Å². The van der Waals surface area contributed by atoms with E-state index < -0.39 is 16.4 Å². The Balaban J connectivity index is 4.07. The van der Waals surface area contributed by atoms with Crippen molar-refractivity contribution in [2.45, 2.75) is 13.1 Å². The van der Waals surface area contributed by atoms with Crippen molar-refractivity contribution in [3.63, 3.8) is 0 Å². The number of halogens is 2. The second-order valence-electron chi connectivity index (χ2n) is 2.40. The smallest absolute Gasteiger partial charge is 0.212 e. The van der Waals surface area contributed by atoms with Crippen LogP contribution in [0.5, 0.6) is 0 Å². The summed E-state index contributed by atoms with van der Waals surface area (Å²) in [6.07, 6.45) is 0. The van der Waals surface area contributed by atoms with Gasteiger partial charge in [0.15, 0.2) is 7.38 Å². The van der Waals surface area contributed by atoms with Gasteiger partial charge in [-0.2, -0.15) is 11.1 Å². The first-order valence-corrected chi connectivity index (χ1v) is 9.02. The number of hydrogen-bond donors (Lipinski definition) is 0. The maximum atomic E-state index is 10.4. The van der Waals surface area contributed by atoms with Crippen molar-refractivity contribution in [1.82, 2.24) is 0 Å². The zero-order chi connectivity index (χ0) is 7.71. The van der Waals surface area contributed by atoms with Crippen LogP contribution >= 0.6 is 21.8 Å². The average Bonchev–Trinajstić information content (AvgIpc) is 1.14. The molecule has 0 saturated carbocycles. The highest BCUT2D eigenvalue weighted by Gasteiger charge is 2.24. The van der Waals surface area contributed by atoms with Crippen LogP contribution in [-0.4, -0.2) is 21.2 Å². The van der Waals surface area contributed by atoms with Crippen molar-refractivity contribution in [3.05, 3.63) is 0 Å². The van der Waals surface area contributed by atoms with Gasteiger partial charge in [0.25, 0.3) is 0 Å². The molecule has 0 bridgehead atoms. The Hall–Kier alpha value is 0.747. The van der Waals surface area contributed by atoms with Crippen LogP contribution in [0.3, 0.4) is 0 Å². The average molecular weight is 207 g/mol. The van der Waals surface area contributed by atoms with E-state index in [0.29, 0.717) is 0 Å². The van der Waals surface area contributed by atoms with Crippen LogP contribution in [0.2, 0.25) is 13.1 Å². The summed E-state index contributed by atoms with van der Waals surface area (Å²) in [5, 5.41) is -0.0664. The standard InChI is InChI=1S/C3H8Cl2O2SSi/c1-9(2,5)3-8(4,6)7/h3H2,1-2H3. The molecule has 0 unspecified atom stereocenters. The topological polar surface area (TPSA) is 34.1 Å². The highest BCUT2D eigenvalue weighted by Crippen LogP contribution is 2.12. The lowest BCUT2D eigenvalue weighted by Crippen LogP contribution is -2.26. The first-order valence-electron chi connectivity index (χ1n) is 2.32. The molecule has 0 aliphatic carbocycles. The van der Waals surface area contributed by atoms with E-state index in [0.717, 1.165) is 0 Å². The minimum atomic E-state index is -3.38. The molecule has 2 nitrogen and oxygen atoms in total. The SMILES string of the molecule is C[Si](C)(Cl)CS(=O)(=O)Cl. The number of hydrogen-bond acceptors (Lipinski definition) is 2. The molecule has 0 aliphatic rings. The van der Waals surface area contributed by atoms with Gasteiger partial charge in [-0.3, -0.25) is 0 Å². The summed E-state index contributed by atoms with van der Waals surface area (Å²) in [6, 6.07) is 0. The highest BCUT2D eigenvalue weighted by atomic mass is 35.7. The minimum Gasteiger partial charge on any atom is -0.212 e. The van der Waals surface area contributed by atoms with Gasteiger partial charge in [-0.05, 0) is 0 Å². The predicted molar refractivity (Wildman–Crippen MR) is 43.0 cm³/mol. The van der Waals surface area contributed by atoms with Gasteiger partial charge in [0.05, 0.1) is 5.38 Å². The molecule has 56 valence electrons. The van der Waals surface area contributed by atoms with Crippen LogP contribution in [0, 0.1) is 0 Å². The van der Waals surface area contributed by atoms with E-state index in [9.17, 15) is 8.42 Å². The van der Waals surface area contributed by atoms with Crippen LogP contribution in [0.15, 0.2) is 0 Å². The molecular formula is C3H8Cl2O2SSi. The Bertz CT molecular complexity index is 180. The summed E-state index contributed by atoms with van der Waals surface area (Å²) < 4.78 is 20.7. The van der Waals surface area contributed by atoms with Gasteiger partial charge in [-0.1, -0.05) is 13.1 Å². The first-order chi connectivity index (χ1) is 3.71. The van der Waals surface area contributed by atoms with Crippen molar-refractivity contribution in [1.29, 1.82) is 0 Å². The van der Waals surface area contributed by atoms with Crippen LogP contribution in [-0.2, 0) is 9.05 Å². The third kappa shape index (κ3) is 8.75. The van der Waals surface area contributed by atoms with Crippen molar-refractivity contribution in [2.75, 3.05) is 5.38 Å². The molecule has 0 rings (SSSR count). The zero-order valence-electron chi connectivity index (χ0n) is 5.19. The largest absolute Gasteiger partial charge is 0.231 e. The fraction of sp³-hybridized carbons (Fsp3) is 1.00. The Morgan fingerprint density at radius 3 is 1.78 bits per heavy atom. The Labute approximate surface area is 65.3 Å². The van der Waals surface area contributed by atoms with Crippen LogP contribution < -0.4 is 0 Å². The van der Waals surface area contributed by atoms with Gasteiger partial charge >= 0.3 is 0 Å². The van der Waals surface area contributed by atoms with Crippen LogP contribution in [0.1, 0.15) is 0 Å². The summed E-state index contributed by atoms with van der Waals surface area (Å²) in [5.41, 5.74) is 0. The summed E-state index contributed by atoms with van der Waals surface area (Å²) in [5.74, 6) is 0. The second kappa shape index (κ2) is 2.78. The second-order valence-corrected chi connectivity index (χ2v) is 12.6. The van der Waals surface area contributed by atoms with E-state index in [1.54, 1.807) is 13.1 Å². The molecule has 0 heterocycles. The molecule has 6 heteroatoms. The van der Waals surface area contributed by atoms with E-state index >= 15 is 0 Å². The van der Waals surface area contributed by atoms with Crippen molar-refractivity contribution in [3.8, 4) is 0 Å². The quantitative estimate of drug-likeness (QED) is 0.391. The predicted octanol–water partition coefficient (Wildman–Crippen LogP) is 1.54. The Morgan fingerprint density at radius 2 is 1.78 bits per heavy atom. The van der Waals surface area contributed by atoms with Gasteiger partial charge in [-0.15, -0.1) is 0 Å². The molecular weight excluding hydrogens is 199 g/mol. The van der Waals surface area contributed by atoms with Crippen LogP contribution in [0.4, 0.5) is 0 Å². The van der Waals surface area contributed by atoms with Gasteiger partial charge in [0.1, 0.15) is 0 Å². The first kappa shape index (κ1) is 9.75. The summed E-state index contributed by atoms with van der Waals surface area (Å²) in [7, 11) is -0.480. The van der Waals surface area contributed by atoms with Gasteiger partial charge < -0.3 is 0 Å². The molecule has 0 aromatic rings. The third-order valence-electron chi connectivity index (χ3n) is 0.516. The monoisotopic (exact) mass is 206 g/mol. The van der Waals surface area contributed by atoms with Crippen molar-refractivity contribution < 1.29 is 8.42 Å². The molecule has 0 aromatic heterocycles. The van der Waals surface area contributed by atoms with Crippen molar-refractivity contribution in [2.24, 2.45) is 0 Å². The lowest BCUT2D eigenvalue weighted by atomic mass is 11.8. The molecule has 0 atom stereocenters. The van der Waals surface area contributed by atoms with Gasteiger partial charge in [0, 0.05) is 10.7 Å². The Morgan fingerprint density at radius 1 is 1.44 bits per heavy atom. The van der Waals surface area contributed by atoms with E-state index in [2.05, 4.69) is 0 Å². The van der Waals surface area contributed by atoms with E-state index in [-0.39, 0.29) is 5.38 Å².